The number of carbonyl (C=O) groups excluding carboxylic acids is 2. The van der Waals surface area contributed by atoms with Crippen LogP contribution in [0.3, 0.4) is 0 Å². The zero-order valence-electron chi connectivity index (χ0n) is 15.6. The van der Waals surface area contributed by atoms with Gasteiger partial charge in [0.25, 0.3) is 5.91 Å². The van der Waals surface area contributed by atoms with Gasteiger partial charge in [-0.3, -0.25) is 9.59 Å². The number of halogens is 3. The maximum Gasteiger partial charge on any atom is 0.319 e. The maximum absolute atomic E-state index is 14.1. The van der Waals surface area contributed by atoms with E-state index >= 15 is 0 Å². The molecule has 2 rings (SSSR count). The molecule has 0 aliphatic heterocycles. The molecule has 150 valence electrons. The summed E-state index contributed by atoms with van der Waals surface area (Å²) in [6.45, 7) is 5.15. The molecule has 0 aliphatic rings. The van der Waals surface area contributed by atoms with E-state index in [1.807, 2.05) is 6.92 Å². The van der Waals surface area contributed by atoms with Crippen LogP contribution in [0.25, 0.3) is 0 Å². The fraction of sp³-hybridized carbons (Fsp3) is 0.300. The number of ether oxygens (including phenoxy) is 1. The fourth-order valence-corrected chi connectivity index (χ4v) is 3.05. The maximum atomic E-state index is 14.1. The molecule has 0 aliphatic carbocycles. The van der Waals surface area contributed by atoms with E-state index in [-0.39, 0.29) is 22.3 Å². The number of rotatable bonds is 7. The molecule has 0 spiro atoms. The van der Waals surface area contributed by atoms with Crippen LogP contribution in [0.15, 0.2) is 41.3 Å². The van der Waals surface area contributed by atoms with Crippen LogP contribution < -0.4 is 5.32 Å². The molecule has 0 heterocycles. The first-order valence-corrected chi connectivity index (χ1v) is 9.52. The molecule has 4 nitrogen and oxygen atoms in total. The topological polar surface area (TPSA) is 55.4 Å². The SMILES string of the molecule is CCC(C)OC(=O)C(C)Sc1cc(NC(=O)c2cccc(F)c2)c(F)cc1F. The Bertz CT molecular complexity index is 876. The van der Waals surface area contributed by atoms with Crippen molar-refractivity contribution in [3.05, 3.63) is 59.4 Å². The Morgan fingerprint density at radius 2 is 1.82 bits per heavy atom. The van der Waals surface area contributed by atoms with Crippen molar-refractivity contribution in [1.82, 2.24) is 0 Å². The monoisotopic (exact) mass is 411 g/mol. The molecule has 1 amide bonds. The van der Waals surface area contributed by atoms with E-state index in [0.29, 0.717) is 12.5 Å². The van der Waals surface area contributed by atoms with E-state index in [1.165, 1.54) is 18.2 Å². The Morgan fingerprint density at radius 1 is 1.11 bits per heavy atom. The quantitative estimate of drug-likeness (QED) is 0.504. The number of esters is 1. The van der Waals surface area contributed by atoms with Crippen LogP contribution in [0.4, 0.5) is 18.9 Å². The molecule has 2 aromatic carbocycles. The first kappa shape index (κ1) is 21.8. The van der Waals surface area contributed by atoms with E-state index in [9.17, 15) is 22.8 Å². The Kier molecular flexibility index (Phi) is 7.51. The second-order valence-corrected chi connectivity index (χ2v) is 7.53. The average Bonchev–Trinajstić information content (AvgIpc) is 2.65. The minimum absolute atomic E-state index is 0.0107. The van der Waals surface area contributed by atoms with Gasteiger partial charge in [0.05, 0.1) is 11.8 Å². The molecule has 0 saturated heterocycles. The third-order valence-corrected chi connectivity index (χ3v) is 5.00. The molecule has 0 aromatic heterocycles. The molecular weight excluding hydrogens is 391 g/mol. The van der Waals surface area contributed by atoms with Crippen LogP contribution in [0.2, 0.25) is 0 Å². The van der Waals surface area contributed by atoms with Crippen LogP contribution in [0.1, 0.15) is 37.6 Å². The molecule has 28 heavy (non-hydrogen) atoms. The molecule has 0 radical (unpaired) electrons. The standard InChI is InChI=1S/C20H20F3NO3S/c1-4-11(2)27-20(26)12(3)28-18-10-17(15(22)9-16(18)23)24-19(25)13-6-5-7-14(21)8-13/h5-12H,4H2,1-3H3,(H,24,25). The number of carbonyl (C=O) groups is 2. The predicted octanol–water partition coefficient (Wildman–Crippen LogP) is 5.18. The first-order chi connectivity index (χ1) is 13.2. The lowest BCUT2D eigenvalue weighted by Gasteiger charge is -2.16. The van der Waals surface area contributed by atoms with E-state index < -0.39 is 34.6 Å². The van der Waals surface area contributed by atoms with E-state index in [1.54, 1.807) is 13.8 Å². The van der Waals surface area contributed by atoms with Gasteiger partial charge in [-0.15, -0.1) is 11.8 Å². The van der Waals surface area contributed by atoms with Crippen molar-refractivity contribution < 1.29 is 27.5 Å². The molecular formula is C20H20F3NO3S. The summed E-state index contributed by atoms with van der Waals surface area (Å²) >= 11 is 0.851. The number of hydrogen-bond acceptors (Lipinski definition) is 4. The van der Waals surface area contributed by atoms with Crippen molar-refractivity contribution in [2.75, 3.05) is 5.32 Å². The summed E-state index contributed by atoms with van der Waals surface area (Å²) in [5.41, 5.74) is -0.288. The third kappa shape index (κ3) is 5.76. The normalized spacial score (nSPS) is 12.9. The largest absolute Gasteiger partial charge is 0.462 e. The summed E-state index contributed by atoms with van der Waals surface area (Å²) < 4.78 is 46.6. The van der Waals surface area contributed by atoms with Gasteiger partial charge in [0.15, 0.2) is 0 Å². The van der Waals surface area contributed by atoms with Crippen molar-refractivity contribution in [1.29, 1.82) is 0 Å². The Labute approximate surface area is 165 Å². The van der Waals surface area contributed by atoms with E-state index in [0.717, 1.165) is 23.9 Å². The smallest absolute Gasteiger partial charge is 0.319 e. The summed E-state index contributed by atoms with van der Waals surface area (Å²) in [6.07, 6.45) is 0.374. The summed E-state index contributed by atoms with van der Waals surface area (Å²) in [6, 6.07) is 6.60. The Balaban J connectivity index is 2.17. The summed E-state index contributed by atoms with van der Waals surface area (Å²) in [5.74, 6) is -3.73. The van der Waals surface area contributed by atoms with Gasteiger partial charge in [0.2, 0.25) is 0 Å². The Hall–Kier alpha value is -2.48. The second-order valence-electron chi connectivity index (χ2n) is 6.14. The van der Waals surface area contributed by atoms with Crippen LogP contribution in [0.5, 0.6) is 0 Å². The lowest BCUT2D eigenvalue weighted by Crippen LogP contribution is -2.22. The first-order valence-electron chi connectivity index (χ1n) is 8.64. The number of hydrogen-bond donors (Lipinski definition) is 1. The van der Waals surface area contributed by atoms with E-state index in [4.69, 9.17) is 4.74 Å². The van der Waals surface area contributed by atoms with Gasteiger partial charge in [-0.1, -0.05) is 13.0 Å². The molecule has 0 bridgehead atoms. The number of benzene rings is 2. The number of anilines is 1. The van der Waals surface area contributed by atoms with Gasteiger partial charge in [-0.25, -0.2) is 13.2 Å². The molecule has 2 unspecified atom stereocenters. The van der Waals surface area contributed by atoms with Gasteiger partial charge < -0.3 is 10.1 Å². The van der Waals surface area contributed by atoms with Crippen molar-refractivity contribution >= 4 is 29.3 Å². The van der Waals surface area contributed by atoms with Gasteiger partial charge in [-0.05, 0) is 44.5 Å². The van der Waals surface area contributed by atoms with Crippen LogP contribution >= 0.6 is 11.8 Å². The van der Waals surface area contributed by atoms with Crippen LogP contribution in [-0.4, -0.2) is 23.2 Å². The highest BCUT2D eigenvalue weighted by atomic mass is 32.2. The molecule has 8 heteroatoms. The highest BCUT2D eigenvalue weighted by Crippen LogP contribution is 2.31. The second kappa shape index (κ2) is 9.64. The number of amides is 1. The molecule has 1 N–H and O–H groups in total. The van der Waals surface area contributed by atoms with Crippen molar-refractivity contribution in [2.45, 2.75) is 43.4 Å². The number of nitrogens with one attached hydrogen (secondary N) is 1. The summed E-state index contributed by atoms with van der Waals surface area (Å²) in [4.78, 5) is 24.2. The Morgan fingerprint density at radius 3 is 2.46 bits per heavy atom. The van der Waals surface area contributed by atoms with Crippen molar-refractivity contribution in [3.8, 4) is 0 Å². The minimum Gasteiger partial charge on any atom is -0.462 e. The van der Waals surface area contributed by atoms with Gasteiger partial charge in [-0.2, -0.15) is 0 Å². The van der Waals surface area contributed by atoms with Gasteiger partial charge >= 0.3 is 5.97 Å². The third-order valence-electron chi connectivity index (χ3n) is 3.88. The predicted molar refractivity (Wildman–Crippen MR) is 102 cm³/mol. The summed E-state index contributed by atoms with van der Waals surface area (Å²) in [5, 5.41) is 1.55. The highest BCUT2D eigenvalue weighted by Gasteiger charge is 2.21. The van der Waals surface area contributed by atoms with E-state index in [2.05, 4.69) is 5.32 Å². The lowest BCUT2D eigenvalue weighted by atomic mass is 10.2. The van der Waals surface area contributed by atoms with Gasteiger partial charge in [0, 0.05) is 16.5 Å². The number of thioether (sulfide) groups is 1. The summed E-state index contributed by atoms with van der Waals surface area (Å²) in [7, 11) is 0. The van der Waals surface area contributed by atoms with Gasteiger partial charge in [0.1, 0.15) is 22.7 Å². The molecule has 2 atom stereocenters. The highest BCUT2D eigenvalue weighted by molar-refractivity contribution is 8.00. The lowest BCUT2D eigenvalue weighted by molar-refractivity contribution is -0.147. The molecule has 0 saturated carbocycles. The zero-order valence-corrected chi connectivity index (χ0v) is 16.4. The van der Waals surface area contributed by atoms with Crippen molar-refractivity contribution in [3.63, 3.8) is 0 Å². The minimum atomic E-state index is -0.985. The average molecular weight is 411 g/mol. The van der Waals surface area contributed by atoms with Crippen LogP contribution in [0, 0.1) is 17.5 Å². The fourth-order valence-electron chi connectivity index (χ4n) is 2.16. The van der Waals surface area contributed by atoms with Crippen LogP contribution in [-0.2, 0) is 9.53 Å². The molecule has 0 fully saturated rings. The zero-order chi connectivity index (χ0) is 20.8. The van der Waals surface area contributed by atoms with Crippen molar-refractivity contribution in [2.24, 2.45) is 0 Å². The molecule has 2 aromatic rings.